The normalized spacial score (nSPS) is 20.3. The lowest BCUT2D eigenvalue weighted by molar-refractivity contribution is -0.132. The van der Waals surface area contributed by atoms with E-state index in [0.717, 1.165) is 5.56 Å². The Kier molecular flexibility index (Phi) is 12.2. The highest BCUT2D eigenvalue weighted by Gasteiger charge is 2.29. The molecule has 14 nitrogen and oxygen atoms in total. The highest BCUT2D eigenvalue weighted by molar-refractivity contribution is 5.99. The van der Waals surface area contributed by atoms with E-state index in [1.165, 1.54) is 23.6 Å². The van der Waals surface area contributed by atoms with Gasteiger partial charge in [0.2, 0.25) is 23.6 Å². The van der Waals surface area contributed by atoms with Crippen LogP contribution >= 0.6 is 0 Å². The zero-order valence-electron chi connectivity index (χ0n) is 28.0. The van der Waals surface area contributed by atoms with Gasteiger partial charge in [0.25, 0.3) is 5.91 Å². The zero-order chi connectivity index (χ0) is 34.8. The Bertz CT molecular complexity index is 1610. The van der Waals surface area contributed by atoms with Crippen LogP contribution in [-0.4, -0.2) is 88.0 Å². The number of nitrogens with zero attached hydrogens (tertiary/aromatic N) is 4. The maximum Gasteiger partial charge on any atom is 0.258 e. The summed E-state index contributed by atoms with van der Waals surface area (Å²) in [6.45, 7) is 6.91. The van der Waals surface area contributed by atoms with Crippen LogP contribution in [0.25, 0.3) is 11.4 Å². The van der Waals surface area contributed by atoms with Gasteiger partial charge in [0, 0.05) is 18.7 Å². The van der Waals surface area contributed by atoms with Crippen LogP contribution in [-0.2, 0) is 25.7 Å². The van der Waals surface area contributed by atoms with E-state index in [1.807, 2.05) is 44.2 Å². The quantitative estimate of drug-likeness (QED) is 0.320. The molecule has 0 spiro atoms. The predicted molar refractivity (Wildman–Crippen MR) is 178 cm³/mol. The Hall–Kier alpha value is -5.27. The minimum atomic E-state index is -1.00. The summed E-state index contributed by atoms with van der Waals surface area (Å²) in [7, 11) is 1.45. The van der Waals surface area contributed by atoms with Gasteiger partial charge in [-0.25, -0.2) is 9.67 Å². The van der Waals surface area contributed by atoms with E-state index in [4.69, 9.17) is 4.74 Å². The second kappa shape index (κ2) is 16.5. The summed E-state index contributed by atoms with van der Waals surface area (Å²) in [4.78, 5) is 72.7. The van der Waals surface area contributed by atoms with Gasteiger partial charge in [0.1, 0.15) is 30.2 Å². The van der Waals surface area contributed by atoms with Gasteiger partial charge < -0.3 is 30.9 Å². The van der Waals surface area contributed by atoms with Gasteiger partial charge in [-0.2, -0.15) is 5.10 Å². The Balaban J connectivity index is 1.64. The van der Waals surface area contributed by atoms with Crippen molar-refractivity contribution >= 4 is 29.5 Å². The summed E-state index contributed by atoms with van der Waals surface area (Å²) in [6, 6.07) is 13.4. The summed E-state index contributed by atoms with van der Waals surface area (Å²) in [5.74, 6) is -1.21. The van der Waals surface area contributed by atoms with Crippen LogP contribution in [0.5, 0.6) is 5.75 Å². The third-order valence-electron chi connectivity index (χ3n) is 7.77. The van der Waals surface area contributed by atoms with E-state index in [9.17, 15) is 24.0 Å². The number of para-hydroxylation sites is 1. The molecule has 256 valence electrons. The molecular formula is C34H44N8O6. The van der Waals surface area contributed by atoms with Crippen LogP contribution in [0.1, 0.15) is 62.8 Å². The number of aromatic nitrogens is 3. The summed E-state index contributed by atoms with van der Waals surface area (Å²) in [6.07, 6.45) is 0.662. The molecule has 1 aromatic heterocycles. The number of hydrogen-bond donors (Lipinski definition) is 4. The second-order valence-electron chi connectivity index (χ2n) is 12.2. The van der Waals surface area contributed by atoms with Crippen molar-refractivity contribution in [3.05, 3.63) is 66.0 Å². The lowest BCUT2D eigenvalue weighted by Crippen LogP contribution is -2.54. The highest BCUT2D eigenvalue weighted by Crippen LogP contribution is 2.21. The lowest BCUT2D eigenvalue weighted by Gasteiger charge is -2.25. The number of carbonyl (C=O) groups excluding carboxylic acids is 5. The van der Waals surface area contributed by atoms with E-state index in [1.54, 1.807) is 31.2 Å². The number of benzene rings is 2. The van der Waals surface area contributed by atoms with Gasteiger partial charge in [-0.3, -0.25) is 24.0 Å². The number of hydrogen-bond acceptors (Lipinski definition) is 8. The molecule has 48 heavy (non-hydrogen) atoms. The summed E-state index contributed by atoms with van der Waals surface area (Å²) >= 11 is 0. The van der Waals surface area contributed by atoms with Gasteiger partial charge in [0.15, 0.2) is 5.82 Å². The molecule has 0 unspecified atom stereocenters. The number of fused-ring (bicyclic) bond motifs is 1. The van der Waals surface area contributed by atoms with Crippen LogP contribution in [0.2, 0.25) is 0 Å². The molecule has 0 bridgehead atoms. The van der Waals surface area contributed by atoms with Crippen molar-refractivity contribution < 1.29 is 28.7 Å². The Labute approximate surface area is 280 Å². The number of carbonyl (C=O) groups is 5. The molecule has 0 saturated carbocycles. The van der Waals surface area contributed by atoms with Crippen LogP contribution in [0.3, 0.4) is 0 Å². The van der Waals surface area contributed by atoms with E-state index in [-0.39, 0.29) is 43.6 Å². The standard InChI is InChI=1S/C34H44N8O6/c1-21(2)18-26-33(46)37-22(3)31-39-30(24-12-7-6-8-13-24)40-42(31)20-28(43)35-16-11-17-41(19-29(44)36-23(4)32(45)38-26)34(47)25-14-9-10-15-27(25)48-5/h6-10,12-15,21-23,26H,11,16-20H2,1-5H3,(H,35,43)(H,36,44)(H,37,46)(H,38,45)/t22-,23+,26+/m0/s1. The fraction of sp³-hybridized carbons (Fsp3) is 0.441. The Morgan fingerprint density at radius 3 is 2.31 bits per heavy atom. The smallest absolute Gasteiger partial charge is 0.258 e. The topological polar surface area (TPSA) is 177 Å². The minimum absolute atomic E-state index is 0.0504. The SMILES string of the molecule is COc1ccccc1C(=O)N1CCCNC(=O)Cn2nc(-c3ccccc3)nc2[C@H](C)NC(=O)[C@@H](CC(C)C)NC(=O)[C@@H](C)NC(=O)C1. The molecule has 0 radical (unpaired) electrons. The molecule has 1 aliphatic rings. The van der Waals surface area contributed by atoms with Gasteiger partial charge in [-0.1, -0.05) is 56.3 Å². The highest BCUT2D eigenvalue weighted by atomic mass is 16.5. The van der Waals surface area contributed by atoms with Crippen molar-refractivity contribution in [2.75, 3.05) is 26.7 Å². The largest absolute Gasteiger partial charge is 0.496 e. The molecule has 0 aliphatic carbocycles. The number of methoxy groups -OCH3 is 1. The molecule has 1 aliphatic heterocycles. The molecule has 2 aromatic carbocycles. The summed E-state index contributed by atoms with van der Waals surface area (Å²) < 4.78 is 6.82. The number of ether oxygens (including phenoxy) is 1. The molecule has 3 aromatic rings. The van der Waals surface area contributed by atoms with Gasteiger partial charge in [-0.15, -0.1) is 0 Å². The molecule has 2 heterocycles. The first-order valence-electron chi connectivity index (χ1n) is 16.1. The van der Waals surface area contributed by atoms with Crippen molar-refractivity contribution in [2.24, 2.45) is 5.92 Å². The predicted octanol–water partition coefficient (Wildman–Crippen LogP) is 1.83. The first kappa shape index (κ1) is 35.6. The number of nitrogens with one attached hydrogen (secondary N) is 4. The maximum atomic E-state index is 13.6. The first-order valence-corrected chi connectivity index (χ1v) is 16.1. The Morgan fingerprint density at radius 2 is 1.60 bits per heavy atom. The van der Waals surface area contributed by atoms with E-state index in [0.29, 0.717) is 30.2 Å². The number of amides is 5. The summed E-state index contributed by atoms with van der Waals surface area (Å²) in [5.41, 5.74) is 1.01. The minimum Gasteiger partial charge on any atom is -0.496 e. The number of rotatable bonds is 5. The van der Waals surface area contributed by atoms with Gasteiger partial charge in [0.05, 0.1) is 25.3 Å². The average Bonchev–Trinajstić information content (AvgIpc) is 3.48. The third-order valence-corrected chi connectivity index (χ3v) is 7.77. The van der Waals surface area contributed by atoms with E-state index >= 15 is 0 Å². The van der Waals surface area contributed by atoms with Crippen LogP contribution in [0.4, 0.5) is 0 Å². The van der Waals surface area contributed by atoms with Crippen molar-refractivity contribution in [1.82, 2.24) is 40.9 Å². The average molecular weight is 661 g/mol. The summed E-state index contributed by atoms with van der Waals surface area (Å²) in [5, 5.41) is 15.8. The molecule has 0 fully saturated rings. The molecule has 4 N–H and O–H groups in total. The molecule has 0 saturated heterocycles. The fourth-order valence-electron chi connectivity index (χ4n) is 5.34. The maximum absolute atomic E-state index is 13.6. The van der Waals surface area contributed by atoms with Crippen molar-refractivity contribution in [1.29, 1.82) is 0 Å². The molecular weight excluding hydrogens is 616 g/mol. The molecule has 5 amide bonds. The van der Waals surface area contributed by atoms with Gasteiger partial charge in [-0.05, 0) is 44.7 Å². The monoisotopic (exact) mass is 660 g/mol. The van der Waals surface area contributed by atoms with E-state index in [2.05, 4.69) is 31.3 Å². The van der Waals surface area contributed by atoms with E-state index < -0.39 is 41.8 Å². The second-order valence-corrected chi connectivity index (χ2v) is 12.2. The van der Waals surface area contributed by atoms with Crippen LogP contribution in [0, 0.1) is 5.92 Å². The zero-order valence-corrected chi connectivity index (χ0v) is 28.0. The van der Waals surface area contributed by atoms with Crippen molar-refractivity contribution in [3.8, 4) is 17.1 Å². The third kappa shape index (κ3) is 9.39. The van der Waals surface area contributed by atoms with Crippen molar-refractivity contribution in [2.45, 2.75) is 65.2 Å². The van der Waals surface area contributed by atoms with Gasteiger partial charge >= 0.3 is 0 Å². The van der Waals surface area contributed by atoms with Crippen molar-refractivity contribution in [3.63, 3.8) is 0 Å². The Morgan fingerprint density at radius 1 is 0.896 bits per heavy atom. The molecule has 14 heteroatoms. The first-order chi connectivity index (χ1) is 23.0. The lowest BCUT2D eigenvalue weighted by atomic mass is 10.0. The van der Waals surface area contributed by atoms with Crippen LogP contribution < -0.4 is 26.0 Å². The van der Waals surface area contributed by atoms with Crippen LogP contribution in [0.15, 0.2) is 54.6 Å². The molecule has 3 atom stereocenters. The fourth-order valence-corrected chi connectivity index (χ4v) is 5.34. The molecule has 4 rings (SSSR count).